The second kappa shape index (κ2) is 6.79. The lowest BCUT2D eigenvalue weighted by Gasteiger charge is -2.18. The Morgan fingerprint density at radius 2 is 1.71 bits per heavy atom. The molecule has 2 rings (SSSR count). The number of amides is 1. The third-order valence-electron chi connectivity index (χ3n) is 3.11. The Bertz CT molecular complexity index is 597. The van der Waals surface area contributed by atoms with Gasteiger partial charge in [0.2, 0.25) is 0 Å². The Morgan fingerprint density at radius 1 is 1.00 bits per heavy atom. The minimum absolute atomic E-state index is 0.366. The van der Waals surface area contributed by atoms with Crippen molar-refractivity contribution in [2.45, 2.75) is 6.54 Å². The maximum Gasteiger partial charge on any atom is 0.415 e. The van der Waals surface area contributed by atoms with Crippen LogP contribution in [-0.2, 0) is 6.54 Å². The van der Waals surface area contributed by atoms with Gasteiger partial charge in [0.15, 0.2) is 0 Å². The topological polar surface area (TPSA) is 32.8 Å². The maximum atomic E-state index is 12.1. The molecule has 0 aliphatic carbocycles. The lowest BCUT2D eigenvalue weighted by atomic mass is 10.2. The summed E-state index contributed by atoms with van der Waals surface area (Å²) in [5, 5.41) is 0. The summed E-state index contributed by atoms with van der Waals surface area (Å²) in [6.45, 7) is 0.521. The zero-order valence-electron chi connectivity index (χ0n) is 12.6. The molecule has 2 aromatic carbocycles. The minimum Gasteiger partial charge on any atom is -0.410 e. The zero-order chi connectivity index (χ0) is 15.2. The highest BCUT2D eigenvalue weighted by Gasteiger charge is 2.12. The molecule has 4 nitrogen and oxygen atoms in total. The number of rotatable bonds is 4. The number of benzene rings is 2. The molecule has 21 heavy (non-hydrogen) atoms. The molecule has 0 saturated carbocycles. The predicted octanol–water partition coefficient (Wildman–Crippen LogP) is 3.38. The summed E-state index contributed by atoms with van der Waals surface area (Å²) in [6.07, 6.45) is -0.366. The van der Waals surface area contributed by atoms with Crippen molar-refractivity contribution in [2.24, 2.45) is 0 Å². The van der Waals surface area contributed by atoms with Crippen LogP contribution in [0.25, 0.3) is 0 Å². The summed E-state index contributed by atoms with van der Waals surface area (Å²) in [5.41, 5.74) is 2.06. The van der Waals surface area contributed by atoms with Gasteiger partial charge in [0.25, 0.3) is 0 Å². The molecule has 2 aromatic rings. The SMILES string of the molecule is CN(Cc1ccccc1)C(=O)Oc1cccc(N(C)C)c1. The maximum absolute atomic E-state index is 12.1. The van der Waals surface area contributed by atoms with Crippen LogP contribution in [0.15, 0.2) is 54.6 Å². The second-order valence-corrected chi connectivity index (χ2v) is 5.10. The first-order chi connectivity index (χ1) is 10.1. The van der Waals surface area contributed by atoms with E-state index in [2.05, 4.69) is 0 Å². The van der Waals surface area contributed by atoms with E-state index in [1.54, 1.807) is 18.0 Å². The van der Waals surface area contributed by atoms with Crippen molar-refractivity contribution in [2.75, 3.05) is 26.0 Å². The van der Waals surface area contributed by atoms with E-state index in [9.17, 15) is 4.79 Å². The number of carbonyl (C=O) groups excluding carboxylic acids is 1. The van der Waals surface area contributed by atoms with Gasteiger partial charge in [-0.3, -0.25) is 0 Å². The van der Waals surface area contributed by atoms with E-state index >= 15 is 0 Å². The Labute approximate surface area is 125 Å². The van der Waals surface area contributed by atoms with Crippen molar-refractivity contribution >= 4 is 11.8 Å². The molecule has 0 N–H and O–H groups in total. The molecular weight excluding hydrogens is 264 g/mol. The van der Waals surface area contributed by atoms with Gasteiger partial charge in [0.05, 0.1) is 0 Å². The van der Waals surface area contributed by atoms with Crippen LogP contribution >= 0.6 is 0 Å². The van der Waals surface area contributed by atoms with Crippen molar-refractivity contribution in [1.82, 2.24) is 4.90 Å². The molecule has 0 heterocycles. The number of ether oxygens (including phenoxy) is 1. The first kappa shape index (κ1) is 14.9. The number of hydrogen-bond acceptors (Lipinski definition) is 3. The lowest BCUT2D eigenvalue weighted by molar-refractivity contribution is 0.161. The van der Waals surface area contributed by atoms with Crippen molar-refractivity contribution in [3.63, 3.8) is 0 Å². The summed E-state index contributed by atoms with van der Waals surface area (Å²) in [4.78, 5) is 15.6. The Morgan fingerprint density at radius 3 is 2.38 bits per heavy atom. The van der Waals surface area contributed by atoms with Gasteiger partial charge in [-0.1, -0.05) is 36.4 Å². The molecule has 1 amide bonds. The molecule has 0 saturated heterocycles. The van der Waals surface area contributed by atoms with E-state index in [4.69, 9.17) is 4.74 Å². The molecule has 0 fully saturated rings. The van der Waals surface area contributed by atoms with Crippen LogP contribution in [0.3, 0.4) is 0 Å². The van der Waals surface area contributed by atoms with Gasteiger partial charge in [-0.25, -0.2) is 4.79 Å². The summed E-state index contributed by atoms with van der Waals surface area (Å²) in [6, 6.07) is 17.3. The van der Waals surface area contributed by atoms with E-state index in [1.165, 1.54) is 0 Å². The standard InChI is InChI=1S/C17H20N2O2/c1-18(2)15-10-7-11-16(12-15)21-17(20)19(3)13-14-8-5-4-6-9-14/h4-12H,13H2,1-3H3. The average molecular weight is 284 g/mol. The third-order valence-corrected chi connectivity index (χ3v) is 3.11. The van der Waals surface area contributed by atoms with Crippen LogP contribution in [0.1, 0.15) is 5.56 Å². The molecule has 110 valence electrons. The predicted molar refractivity (Wildman–Crippen MR) is 84.7 cm³/mol. The number of nitrogens with zero attached hydrogens (tertiary/aromatic N) is 2. The van der Waals surface area contributed by atoms with E-state index in [0.717, 1.165) is 11.3 Å². The van der Waals surface area contributed by atoms with E-state index in [0.29, 0.717) is 12.3 Å². The largest absolute Gasteiger partial charge is 0.415 e. The van der Waals surface area contributed by atoms with Gasteiger partial charge in [-0.2, -0.15) is 0 Å². The normalized spacial score (nSPS) is 10.0. The summed E-state index contributed by atoms with van der Waals surface area (Å²) in [7, 11) is 5.62. The molecule has 0 radical (unpaired) electrons. The first-order valence-electron chi connectivity index (χ1n) is 6.80. The highest BCUT2D eigenvalue weighted by atomic mass is 16.6. The molecule has 0 bridgehead atoms. The lowest BCUT2D eigenvalue weighted by Crippen LogP contribution is -2.29. The average Bonchev–Trinajstić information content (AvgIpc) is 2.48. The quantitative estimate of drug-likeness (QED) is 0.863. The monoisotopic (exact) mass is 284 g/mol. The second-order valence-electron chi connectivity index (χ2n) is 5.10. The highest BCUT2D eigenvalue weighted by molar-refractivity contribution is 5.71. The highest BCUT2D eigenvalue weighted by Crippen LogP contribution is 2.20. The fourth-order valence-corrected chi connectivity index (χ4v) is 1.93. The van der Waals surface area contributed by atoms with E-state index in [-0.39, 0.29) is 6.09 Å². The fourth-order valence-electron chi connectivity index (χ4n) is 1.93. The van der Waals surface area contributed by atoms with Crippen LogP contribution in [0.2, 0.25) is 0 Å². The van der Waals surface area contributed by atoms with Crippen LogP contribution in [0.5, 0.6) is 5.75 Å². The molecule has 0 aliphatic heterocycles. The molecule has 0 aromatic heterocycles. The van der Waals surface area contributed by atoms with Gasteiger partial charge >= 0.3 is 6.09 Å². The van der Waals surface area contributed by atoms with Crippen molar-refractivity contribution in [1.29, 1.82) is 0 Å². The van der Waals surface area contributed by atoms with Gasteiger partial charge in [0.1, 0.15) is 5.75 Å². The van der Waals surface area contributed by atoms with Gasteiger partial charge < -0.3 is 14.5 Å². The van der Waals surface area contributed by atoms with Crippen LogP contribution in [0, 0.1) is 0 Å². The Hall–Kier alpha value is -2.49. The van der Waals surface area contributed by atoms with Crippen molar-refractivity contribution in [3.05, 3.63) is 60.2 Å². The molecule has 0 atom stereocenters. The smallest absolute Gasteiger partial charge is 0.410 e. The number of anilines is 1. The molecule has 0 aliphatic rings. The van der Waals surface area contributed by atoms with E-state index < -0.39 is 0 Å². The zero-order valence-corrected chi connectivity index (χ0v) is 12.6. The first-order valence-corrected chi connectivity index (χ1v) is 6.80. The fraction of sp³-hybridized carbons (Fsp3) is 0.235. The summed E-state index contributed by atoms with van der Waals surface area (Å²) in [5.74, 6) is 0.547. The molecule has 4 heteroatoms. The molecule has 0 spiro atoms. The number of hydrogen-bond donors (Lipinski definition) is 0. The van der Waals surface area contributed by atoms with Gasteiger partial charge in [-0.05, 0) is 17.7 Å². The van der Waals surface area contributed by atoms with Gasteiger partial charge in [0, 0.05) is 39.4 Å². The number of carbonyl (C=O) groups is 1. The van der Waals surface area contributed by atoms with Gasteiger partial charge in [-0.15, -0.1) is 0 Å². The Kier molecular flexibility index (Phi) is 4.82. The third kappa shape index (κ3) is 4.24. The van der Waals surface area contributed by atoms with E-state index in [1.807, 2.05) is 67.5 Å². The molecular formula is C17H20N2O2. The summed E-state index contributed by atoms with van der Waals surface area (Å²) < 4.78 is 5.40. The Balaban J connectivity index is 1.99. The molecule has 0 unspecified atom stereocenters. The van der Waals surface area contributed by atoms with Crippen LogP contribution in [-0.4, -0.2) is 32.1 Å². The van der Waals surface area contributed by atoms with Crippen LogP contribution < -0.4 is 9.64 Å². The van der Waals surface area contributed by atoms with Crippen molar-refractivity contribution in [3.8, 4) is 5.75 Å². The minimum atomic E-state index is -0.366. The summed E-state index contributed by atoms with van der Waals surface area (Å²) >= 11 is 0. The van der Waals surface area contributed by atoms with Crippen molar-refractivity contribution < 1.29 is 9.53 Å². The van der Waals surface area contributed by atoms with Crippen LogP contribution in [0.4, 0.5) is 10.5 Å².